The zero-order chi connectivity index (χ0) is 19.5. The Morgan fingerprint density at radius 2 is 0.893 bits per heavy atom. The van der Waals surface area contributed by atoms with Crippen molar-refractivity contribution in [3.8, 4) is 33.8 Å². The highest BCUT2D eigenvalue weighted by Crippen LogP contribution is 2.38. The second-order valence-electron chi connectivity index (χ2n) is 6.46. The predicted molar refractivity (Wildman–Crippen MR) is 111 cm³/mol. The van der Waals surface area contributed by atoms with Gasteiger partial charge in [-0.3, -0.25) is 4.79 Å². The number of phenols is 2. The quantitative estimate of drug-likeness (QED) is 0.458. The van der Waals surface area contributed by atoms with Gasteiger partial charge >= 0.3 is 0 Å². The number of ketones is 1. The van der Waals surface area contributed by atoms with E-state index in [-0.39, 0.29) is 17.3 Å². The lowest BCUT2D eigenvalue weighted by atomic mass is 9.89. The van der Waals surface area contributed by atoms with Gasteiger partial charge in [-0.05, 0) is 23.3 Å². The topological polar surface area (TPSA) is 57.5 Å². The Bertz CT molecular complexity index is 1040. The Morgan fingerprint density at radius 3 is 1.29 bits per heavy atom. The number of carbonyl (C=O) groups excluding carboxylic acids is 1. The van der Waals surface area contributed by atoms with Crippen molar-refractivity contribution in [3.05, 3.63) is 108 Å². The second kappa shape index (κ2) is 7.41. The molecule has 4 aromatic rings. The molecule has 0 saturated heterocycles. The van der Waals surface area contributed by atoms with Crippen LogP contribution in [-0.2, 0) is 0 Å². The highest BCUT2D eigenvalue weighted by Gasteiger charge is 2.22. The van der Waals surface area contributed by atoms with E-state index in [0.717, 1.165) is 11.1 Å². The fourth-order valence-corrected chi connectivity index (χ4v) is 3.42. The summed E-state index contributed by atoms with van der Waals surface area (Å²) in [6.45, 7) is 0. The summed E-state index contributed by atoms with van der Waals surface area (Å²) in [5.74, 6) is -0.179. The van der Waals surface area contributed by atoms with Gasteiger partial charge in [0.05, 0.1) is 0 Å². The molecule has 0 atom stereocenters. The Balaban J connectivity index is 1.92. The first-order chi connectivity index (χ1) is 13.7. The number of hydrogen-bond acceptors (Lipinski definition) is 3. The van der Waals surface area contributed by atoms with Crippen molar-refractivity contribution in [1.29, 1.82) is 0 Å². The van der Waals surface area contributed by atoms with Gasteiger partial charge in [-0.2, -0.15) is 0 Å². The van der Waals surface area contributed by atoms with E-state index in [9.17, 15) is 15.0 Å². The van der Waals surface area contributed by atoms with Crippen LogP contribution < -0.4 is 0 Å². The normalized spacial score (nSPS) is 10.6. The van der Waals surface area contributed by atoms with Crippen molar-refractivity contribution in [2.75, 3.05) is 0 Å². The minimum absolute atomic E-state index is 0.0402. The van der Waals surface area contributed by atoms with Crippen molar-refractivity contribution in [3.63, 3.8) is 0 Å². The number of hydrogen-bond donors (Lipinski definition) is 2. The molecule has 0 heterocycles. The van der Waals surface area contributed by atoms with Crippen molar-refractivity contribution in [1.82, 2.24) is 0 Å². The van der Waals surface area contributed by atoms with Crippen LogP contribution in [0.25, 0.3) is 22.3 Å². The van der Waals surface area contributed by atoms with E-state index in [1.165, 1.54) is 0 Å². The van der Waals surface area contributed by atoms with Crippen LogP contribution in [0.1, 0.15) is 15.9 Å². The Hall–Kier alpha value is -3.85. The lowest BCUT2D eigenvalue weighted by Gasteiger charge is -2.14. The van der Waals surface area contributed by atoms with Crippen molar-refractivity contribution in [2.24, 2.45) is 0 Å². The summed E-state index contributed by atoms with van der Waals surface area (Å²) >= 11 is 0. The largest absolute Gasteiger partial charge is 0.507 e. The van der Waals surface area contributed by atoms with E-state index in [0.29, 0.717) is 22.3 Å². The molecule has 0 amide bonds. The number of rotatable bonds is 4. The van der Waals surface area contributed by atoms with Gasteiger partial charge in [0, 0.05) is 22.3 Å². The van der Waals surface area contributed by atoms with Crippen molar-refractivity contribution >= 4 is 5.78 Å². The van der Waals surface area contributed by atoms with Gasteiger partial charge in [-0.25, -0.2) is 0 Å². The smallest absolute Gasteiger partial charge is 0.194 e. The number of phenolic OH excluding ortho intramolecular Hbond substituents is 2. The van der Waals surface area contributed by atoms with Crippen LogP contribution in [0, 0.1) is 0 Å². The third-order valence-corrected chi connectivity index (χ3v) is 4.70. The molecule has 0 unspecified atom stereocenters. The summed E-state index contributed by atoms with van der Waals surface area (Å²) in [7, 11) is 0. The first kappa shape index (κ1) is 17.6. The fraction of sp³-hybridized carbons (Fsp3) is 0. The van der Waals surface area contributed by atoms with Crippen LogP contribution in [0.4, 0.5) is 0 Å². The van der Waals surface area contributed by atoms with Crippen LogP contribution in [-0.4, -0.2) is 16.0 Å². The highest BCUT2D eigenvalue weighted by molar-refractivity contribution is 6.17. The molecular weight excluding hydrogens is 348 g/mol. The third kappa shape index (κ3) is 3.14. The predicted octanol–water partition coefficient (Wildman–Crippen LogP) is 5.66. The van der Waals surface area contributed by atoms with Gasteiger partial charge in [0.1, 0.15) is 11.5 Å². The average molecular weight is 366 g/mol. The van der Waals surface area contributed by atoms with Gasteiger partial charge in [0.25, 0.3) is 0 Å². The molecule has 0 saturated carbocycles. The molecule has 28 heavy (non-hydrogen) atoms. The Labute approximate surface area is 163 Å². The zero-order valence-electron chi connectivity index (χ0n) is 15.0. The molecule has 0 radical (unpaired) electrons. The maximum Gasteiger partial charge on any atom is 0.194 e. The summed E-state index contributed by atoms with van der Waals surface area (Å²) in [5.41, 5.74) is 3.24. The molecule has 136 valence electrons. The van der Waals surface area contributed by atoms with E-state index < -0.39 is 0 Å². The van der Waals surface area contributed by atoms with Crippen LogP contribution in [0.5, 0.6) is 11.5 Å². The molecule has 4 aromatic carbocycles. The standard InChI is InChI=1S/C25H18O3/c26-21-15-7-13-19(23(21)17-9-3-1-4-10-17)25(28)20-14-8-16-22(27)24(20)18-11-5-2-6-12-18/h1-16,26-27H. The van der Waals surface area contributed by atoms with Crippen molar-refractivity contribution in [2.45, 2.75) is 0 Å². The minimum atomic E-state index is -0.260. The molecule has 0 aliphatic heterocycles. The molecule has 3 heteroatoms. The Kier molecular flexibility index (Phi) is 4.65. The molecule has 0 aliphatic carbocycles. The van der Waals surface area contributed by atoms with Crippen LogP contribution in [0.3, 0.4) is 0 Å². The summed E-state index contributed by atoms with van der Waals surface area (Å²) < 4.78 is 0. The van der Waals surface area contributed by atoms with Crippen molar-refractivity contribution < 1.29 is 15.0 Å². The minimum Gasteiger partial charge on any atom is -0.507 e. The van der Waals surface area contributed by atoms with Gasteiger partial charge in [-0.1, -0.05) is 84.9 Å². The van der Waals surface area contributed by atoms with Crippen LogP contribution in [0.2, 0.25) is 0 Å². The molecule has 3 nitrogen and oxygen atoms in total. The number of carbonyl (C=O) groups is 1. The third-order valence-electron chi connectivity index (χ3n) is 4.70. The van der Waals surface area contributed by atoms with E-state index >= 15 is 0 Å². The Morgan fingerprint density at radius 1 is 0.500 bits per heavy atom. The molecule has 0 aliphatic rings. The summed E-state index contributed by atoms with van der Waals surface area (Å²) in [5, 5.41) is 21.0. The zero-order valence-corrected chi connectivity index (χ0v) is 15.0. The summed E-state index contributed by atoms with van der Waals surface area (Å²) in [6, 6.07) is 28.5. The van der Waals surface area contributed by atoms with Gasteiger partial charge in [0.15, 0.2) is 5.78 Å². The maximum atomic E-state index is 13.5. The molecule has 0 spiro atoms. The van der Waals surface area contributed by atoms with Gasteiger partial charge in [-0.15, -0.1) is 0 Å². The van der Waals surface area contributed by atoms with Gasteiger partial charge in [0.2, 0.25) is 0 Å². The van der Waals surface area contributed by atoms with E-state index in [4.69, 9.17) is 0 Å². The maximum absolute atomic E-state index is 13.5. The number of aromatic hydroxyl groups is 2. The summed E-state index contributed by atoms with van der Waals surface area (Å²) in [6.07, 6.45) is 0. The highest BCUT2D eigenvalue weighted by atomic mass is 16.3. The number of benzene rings is 4. The first-order valence-electron chi connectivity index (χ1n) is 8.96. The monoisotopic (exact) mass is 366 g/mol. The van der Waals surface area contributed by atoms with E-state index in [1.54, 1.807) is 36.4 Å². The molecule has 0 bridgehead atoms. The SMILES string of the molecule is O=C(c1cccc(O)c1-c1ccccc1)c1cccc(O)c1-c1ccccc1. The van der Waals surface area contributed by atoms with E-state index in [2.05, 4.69) is 0 Å². The first-order valence-corrected chi connectivity index (χ1v) is 8.96. The van der Waals surface area contributed by atoms with Crippen LogP contribution in [0.15, 0.2) is 97.1 Å². The molecule has 0 aromatic heterocycles. The molecule has 4 rings (SSSR count). The molecule has 2 N–H and O–H groups in total. The average Bonchev–Trinajstić information content (AvgIpc) is 2.74. The molecule has 0 fully saturated rings. The fourth-order valence-electron chi connectivity index (χ4n) is 3.42. The van der Waals surface area contributed by atoms with E-state index in [1.807, 2.05) is 60.7 Å². The summed E-state index contributed by atoms with van der Waals surface area (Å²) in [4.78, 5) is 13.5. The molecular formula is C25H18O3. The van der Waals surface area contributed by atoms with Crippen LogP contribution >= 0.6 is 0 Å². The second-order valence-corrected chi connectivity index (χ2v) is 6.46. The lowest BCUT2D eigenvalue weighted by molar-refractivity contribution is 0.103. The van der Waals surface area contributed by atoms with Gasteiger partial charge < -0.3 is 10.2 Å². The lowest BCUT2D eigenvalue weighted by Crippen LogP contribution is -2.06.